The summed E-state index contributed by atoms with van der Waals surface area (Å²) in [6.45, 7) is 11.4. The van der Waals surface area contributed by atoms with Gasteiger partial charge in [-0.2, -0.15) is 0 Å². The van der Waals surface area contributed by atoms with Crippen LogP contribution >= 0.6 is 0 Å². The van der Waals surface area contributed by atoms with Crippen molar-refractivity contribution in [2.45, 2.75) is 59.3 Å². The minimum atomic E-state index is -0.140. The van der Waals surface area contributed by atoms with E-state index in [-0.39, 0.29) is 5.41 Å². The zero-order chi connectivity index (χ0) is 20.1. The maximum absolute atomic E-state index is 2.45. The molecule has 0 heteroatoms. The summed E-state index contributed by atoms with van der Waals surface area (Å²) < 4.78 is 0. The third-order valence-electron chi connectivity index (χ3n) is 6.15. The molecule has 0 N–H and O–H groups in total. The van der Waals surface area contributed by atoms with Gasteiger partial charge in [0.25, 0.3) is 0 Å². The minimum absolute atomic E-state index is 0.140. The number of hydrogen-bond donors (Lipinski definition) is 0. The molecule has 0 aliphatic rings. The van der Waals surface area contributed by atoms with Crippen LogP contribution in [0.15, 0.2) is 72.8 Å². The van der Waals surface area contributed by atoms with E-state index in [0.29, 0.717) is 5.92 Å². The highest BCUT2D eigenvalue weighted by atomic mass is 14.4. The first-order chi connectivity index (χ1) is 13.5. The van der Waals surface area contributed by atoms with Crippen molar-refractivity contribution in [3.05, 3.63) is 106 Å². The van der Waals surface area contributed by atoms with Gasteiger partial charge in [-0.05, 0) is 49.8 Å². The average Bonchev–Trinajstić information content (AvgIpc) is 2.67. The molecule has 0 saturated carbocycles. The molecule has 3 aromatic rings. The number of benzene rings is 3. The standard InChI is InChI=1S/C28H34/c1-6-7-14-24(5)28(25-15-8-11-21(2)18-25,26-16-9-12-22(3)19-26)27-17-10-13-23(4)20-27/h8-13,15-20,24H,6-7,14H2,1-5H3. The van der Waals surface area contributed by atoms with E-state index in [4.69, 9.17) is 0 Å². The fraction of sp³-hybridized carbons (Fsp3) is 0.357. The smallest absolute Gasteiger partial charge is 0.0477 e. The molecular weight excluding hydrogens is 336 g/mol. The van der Waals surface area contributed by atoms with Crippen LogP contribution in [-0.4, -0.2) is 0 Å². The van der Waals surface area contributed by atoms with Crippen molar-refractivity contribution in [1.29, 1.82) is 0 Å². The van der Waals surface area contributed by atoms with Crippen LogP contribution < -0.4 is 0 Å². The van der Waals surface area contributed by atoms with Crippen LogP contribution in [0.2, 0.25) is 0 Å². The Hall–Kier alpha value is -2.34. The van der Waals surface area contributed by atoms with Gasteiger partial charge in [-0.25, -0.2) is 0 Å². The molecule has 0 fully saturated rings. The second-order valence-electron chi connectivity index (χ2n) is 8.46. The van der Waals surface area contributed by atoms with Crippen molar-refractivity contribution in [3.63, 3.8) is 0 Å². The highest BCUT2D eigenvalue weighted by molar-refractivity contribution is 5.53. The first-order valence-corrected chi connectivity index (χ1v) is 10.7. The van der Waals surface area contributed by atoms with Gasteiger partial charge in [0, 0.05) is 5.41 Å². The third-order valence-corrected chi connectivity index (χ3v) is 6.15. The van der Waals surface area contributed by atoms with E-state index in [0.717, 1.165) is 0 Å². The molecule has 0 radical (unpaired) electrons. The molecule has 3 aromatic carbocycles. The Morgan fingerprint density at radius 1 is 0.679 bits per heavy atom. The van der Waals surface area contributed by atoms with Crippen molar-refractivity contribution < 1.29 is 0 Å². The largest absolute Gasteiger partial charge is 0.0654 e. The summed E-state index contributed by atoms with van der Waals surface area (Å²) in [6, 6.07) is 27.5. The Balaban J connectivity index is 2.37. The van der Waals surface area contributed by atoms with Gasteiger partial charge >= 0.3 is 0 Å². The molecule has 0 saturated heterocycles. The molecule has 0 aromatic heterocycles. The Labute approximate surface area is 171 Å². The highest BCUT2D eigenvalue weighted by Crippen LogP contribution is 2.47. The van der Waals surface area contributed by atoms with E-state index in [9.17, 15) is 0 Å². The quantitative estimate of drug-likeness (QED) is 0.373. The molecule has 0 heterocycles. The lowest BCUT2D eigenvalue weighted by atomic mass is 9.60. The highest BCUT2D eigenvalue weighted by Gasteiger charge is 2.41. The maximum Gasteiger partial charge on any atom is 0.0477 e. The first-order valence-electron chi connectivity index (χ1n) is 10.7. The van der Waals surface area contributed by atoms with Crippen LogP contribution in [-0.2, 0) is 5.41 Å². The fourth-order valence-electron chi connectivity index (χ4n) is 4.75. The lowest BCUT2D eigenvalue weighted by molar-refractivity contribution is 0.367. The summed E-state index contributed by atoms with van der Waals surface area (Å²) in [4.78, 5) is 0. The molecule has 0 spiro atoms. The van der Waals surface area contributed by atoms with Gasteiger partial charge in [0.2, 0.25) is 0 Å². The van der Waals surface area contributed by atoms with Crippen LogP contribution in [0.4, 0.5) is 0 Å². The van der Waals surface area contributed by atoms with Gasteiger partial charge in [-0.3, -0.25) is 0 Å². The van der Waals surface area contributed by atoms with Crippen molar-refractivity contribution in [2.24, 2.45) is 5.92 Å². The van der Waals surface area contributed by atoms with Crippen molar-refractivity contribution in [1.82, 2.24) is 0 Å². The molecule has 0 nitrogen and oxygen atoms in total. The predicted molar refractivity (Wildman–Crippen MR) is 122 cm³/mol. The Morgan fingerprint density at radius 3 is 1.39 bits per heavy atom. The second-order valence-corrected chi connectivity index (χ2v) is 8.46. The van der Waals surface area contributed by atoms with Gasteiger partial charge < -0.3 is 0 Å². The summed E-state index contributed by atoms with van der Waals surface area (Å²) in [5.41, 5.74) is 8.06. The number of rotatable bonds is 7. The van der Waals surface area contributed by atoms with Crippen LogP contribution in [0.25, 0.3) is 0 Å². The number of hydrogen-bond acceptors (Lipinski definition) is 0. The number of aryl methyl sites for hydroxylation is 3. The third kappa shape index (κ3) is 3.92. The van der Waals surface area contributed by atoms with Crippen LogP contribution in [0, 0.1) is 26.7 Å². The van der Waals surface area contributed by atoms with E-state index in [1.165, 1.54) is 52.6 Å². The summed E-state index contributed by atoms with van der Waals surface area (Å²) in [7, 11) is 0. The van der Waals surface area contributed by atoms with Crippen LogP contribution in [0.5, 0.6) is 0 Å². The Bertz CT molecular complexity index is 808. The lowest BCUT2D eigenvalue weighted by Gasteiger charge is -2.42. The SMILES string of the molecule is CCCCC(C)C(c1cccc(C)c1)(c1cccc(C)c1)c1cccc(C)c1. The van der Waals surface area contributed by atoms with E-state index < -0.39 is 0 Å². The van der Waals surface area contributed by atoms with Crippen molar-refractivity contribution >= 4 is 0 Å². The molecule has 0 aliphatic carbocycles. The van der Waals surface area contributed by atoms with Crippen molar-refractivity contribution in [3.8, 4) is 0 Å². The Kier molecular flexibility index (Phi) is 6.39. The molecule has 28 heavy (non-hydrogen) atoms. The van der Waals surface area contributed by atoms with Gasteiger partial charge in [-0.15, -0.1) is 0 Å². The van der Waals surface area contributed by atoms with Gasteiger partial charge in [-0.1, -0.05) is 116 Å². The van der Waals surface area contributed by atoms with Gasteiger partial charge in [0.05, 0.1) is 0 Å². The normalized spacial score (nSPS) is 12.8. The van der Waals surface area contributed by atoms with Gasteiger partial charge in [0.15, 0.2) is 0 Å². The Morgan fingerprint density at radius 2 is 1.07 bits per heavy atom. The zero-order valence-corrected chi connectivity index (χ0v) is 18.1. The summed E-state index contributed by atoms with van der Waals surface area (Å²) in [6.07, 6.45) is 3.70. The van der Waals surface area contributed by atoms with E-state index in [1.807, 2.05) is 0 Å². The summed E-state index contributed by atoms with van der Waals surface area (Å²) >= 11 is 0. The molecule has 3 rings (SSSR count). The summed E-state index contributed by atoms with van der Waals surface area (Å²) in [5, 5.41) is 0. The molecule has 0 aliphatic heterocycles. The average molecular weight is 371 g/mol. The lowest BCUT2D eigenvalue weighted by Crippen LogP contribution is -2.37. The predicted octanol–water partition coefficient (Wildman–Crippen LogP) is 7.77. The molecule has 146 valence electrons. The first kappa shape index (κ1) is 20.4. The minimum Gasteiger partial charge on any atom is -0.0654 e. The molecule has 0 bridgehead atoms. The van der Waals surface area contributed by atoms with Crippen molar-refractivity contribution in [2.75, 3.05) is 0 Å². The summed E-state index contributed by atoms with van der Waals surface area (Å²) in [5.74, 6) is 0.498. The number of unbranched alkanes of at least 4 members (excludes halogenated alkanes) is 1. The molecular formula is C28H34. The molecule has 0 amide bonds. The van der Waals surface area contributed by atoms with Crippen LogP contribution in [0.1, 0.15) is 66.5 Å². The monoisotopic (exact) mass is 370 g/mol. The fourth-order valence-corrected chi connectivity index (χ4v) is 4.75. The molecule has 1 unspecified atom stereocenters. The second kappa shape index (κ2) is 8.78. The maximum atomic E-state index is 2.45. The van der Waals surface area contributed by atoms with Gasteiger partial charge in [0.1, 0.15) is 0 Å². The van der Waals surface area contributed by atoms with Crippen LogP contribution in [0.3, 0.4) is 0 Å². The zero-order valence-electron chi connectivity index (χ0n) is 18.1. The molecule has 1 atom stereocenters. The van der Waals surface area contributed by atoms with E-state index in [2.05, 4.69) is 107 Å². The van der Waals surface area contributed by atoms with E-state index >= 15 is 0 Å². The van der Waals surface area contributed by atoms with E-state index in [1.54, 1.807) is 0 Å². The topological polar surface area (TPSA) is 0 Å².